The van der Waals surface area contributed by atoms with E-state index in [-0.39, 0.29) is 6.04 Å². The first-order valence-corrected chi connectivity index (χ1v) is 4.26. The predicted octanol–water partition coefficient (Wildman–Crippen LogP) is 1.13. The summed E-state index contributed by atoms with van der Waals surface area (Å²) in [7, 11) is 0. The van der Waals surface area contributed by atoms with Crippen molar-refractivity contribution in [2.75, 3.05) is 6.61 Å². The lowest BCUT2D eigenvalue weighted by molar-refractivity contribution is -0.107. The van der Waals surface area contributed by atoms with E-state index in [2.05, 4.69) is 4.99 Å². The third-order valence-electron chi connectivity index (χ3n) is 1.91. The monoisotopic (exact) mass is 169 g/mol. The van der Waals surface area contributed by atoms with E-state index in [4.69, 9.17) is 4.74 Å². The van der Waals surface area contributed by atoms with Gasteiger partial charge in [-0.15, -0.1) is 0 Å². The highest BCUT2D eigenvalue weighted by molar-refractivity contribution is 5.81. The third-order valence-corrected chi connectivity index (χ3v) is 1.91. The minimum atomic E-state index is -0.747. The van der Waals surface area contributed by atoms with Crippen molar-refractivity contribution in [3.63, 3.8) is 0 Å². The molecule has 3 nitrogen and oxygen atoms in total. The molecule has 0 fully saturated rings. The minimum Gasteiger partial charge on any atom is -0.366 e. The summed E-state index contributed by atoms with van der Waals surface area (Å²) >= 11 is 0. The third kappa shape index (κ3) is 2.16. The zero-order valence-electron chi connectivity index (χ0n) is 7.53. The van der Waals surface area contributed by atoms with Crippen molar-refractivity contribution in [2.45, 2.75) is 32.6 Å². The molecule has 2 unspecified atom stereocenters. The van der Waals surface area contributed by atoms with E-state index in [1.165, 1.54) is 5.57 Å². The van der Waals surface area contributed by atoms with E-state index >= 15 is 0 Å². The van der Waals surface area contributed by atoms with Crippen molar-refractivity contribution >= 4 is 6.21 Å². The molecule has 1 aliphatic rings. The Labute approximate surface area is 72.8 Å². The molecule has 1 N–H and O–H groups in total. The van der Waals surface area contributed by atoms with Crippen molar-refractivity contribution < 1.29 is 9.84 Å². The highest BCUT2D eigenvalue weighted by Gasteiger charge is 2.22. The van der Waals surface area contributed by atoms with Crippen LogP contribution < -0.4 is 0 Å². The number of rotatable bonds is 3. The molecule has 1 aliphatic heterocycles. The summed E-state index contributed by atoms with van der Waals surface area (Å²) in [6, 6.07) is -0.101. The fraction of sp³-hybridized carbons (Fsp3) is 0.667. The summed E-state index contributed by atoms with van der Waals surface area (Å²) in [4.78, 5) is 4.14. The number of aliphatic imine (C=N–C) groups is 1. The molecule has 1 heterocycles. The number of nitrogens with zero attached hydrogens (tertiary/aromatic N) is 1. The lowest BCUT2D eigenvalue weighted by atomic mass is 10.1. The molecule has 0 bridgehead atoms. The Kier molecular flexibility index (Phi) is 3.44. The number of aliphatic hydroxyl groups is 1. The van der Waals surface area contributed by atoms with Crippen LogP contribution in [0.5, 0.6) is 0 Å². The highest BCUT2D eigenvalue weighted by atomic mass is 16.6. The van der Waals surface area contributed by atoms with Gasteiger partial charge in [0.05, 0.1) is 0 Å². The van der Waals surface area contributed by atoms with Crippen molar-refractivity contribution in [3.8, 4) is 0 Å². The number of allylic oxidation sites excluding steroid dienone is 1. The average molecular weight is 169 g/mol. The molecule has 0 radical (unpaired) electrons. The molecule has 0 saturated heterocycles. The molecule has 0 aromatic rings. The van der Waals surface area contributed by atoms with Crippen LogP contribution in [0.1, 0.15) is 20.3 Å². The molecule has 0 aromatic carbocycles. The Morgan fingerprint density at radius 2 is 2.67 bits per heavy atom. The second-order valence-corrected chi connectivity index (χ2v) is 2.76. The molecular formula is C9H15NO2. The standard InChI is InChI=1S/C9H15NO2/c1-3-7-5-8(10-6-7)9(11)12-4-2/h3,6,8-9,11H,4-5H2,1-2H3/b7-3+. The second-order valence-electron chi connectivity index (χ2n) is 2.76. The second kappa shape index (κ2) is 4.38. The first-order valence-electron chi connectivity index (χ1n) is 4.26. The van der Waals surface area contributed by atoms with Gasteiger partial charge in [0, 0.05) is 19.2 Å². The van der Waals surface area contributed by atoms with Crippen LogP contribution in [0.25, 0.3) is 0 Å². The fourth-order valence-corrected chi connectivity index (χ4v) is 1.19. The Bertz CT molecular complexity index is 199. The maximum atomic E-state index is 9.40. The number of hydrogen-bond acceptors (Lipinski definition) is 3. The Morgan fingerprint density at radius 1 is 1.92 bits per heavy atom. The maximum absolute atomic E-state index is 9.40. The first-order chi connectivity index (χ1) is 5.77. The molecule has 1 rings (SSSR count). The maximum Gasteiger partial charge on any atom is 0.177 e. The van der Waals surface area contributed by atoms with Gasteiger partial charge in [-0.05, 0) is 19.4 Å². The van der Waals surface area contributed by atoms with Crippen LogP contribution in [0, 0.1) is 0 Å². The van der Waals surface area contributed by atoms with E-state index in [0.717, 1.165) is 6.42 Å². The Balaban J connectivity index is 2.42. The summed E-state index contributed by atoms with van der Waals surface area (Å²) in [6.07, 6.45) is 3.84. The summed E-state index contributed by atoms with van der Waals surface area (Å²) in [6.45, 7) is 4.35. The summed E-state index contributed by atoms with van der Waals surface area (Å²) < 4.78 is 5.03. The van der Waals surface area contributed by atoms with E-state index < -0.39 is 6.29 Å². The van der Waals surface area contributed by atoms with Crippen LogP contribution in [-0.4, -0.2) is 30.3 Å². The highest BCUT2D eigenvalue weighted by Crippen LogP contribution is 2.17. The van der Waals surface area contributed by atoms with Crippen LogP contribution in [-0.2, 0) is 4.74 Å². The van der Waals surface area contributed by atoms with Gasteiger partial charge in [0.2, 0.25) is 0 Å². The van der Waals surface area contributed by atoms with Gasteiger partial charge >= 0.3 is 0 Å². The van der Waals surface area contributed by atoms with E-state index in [0.29, 0.717) is 6.61 Å². The summed E-state index contributed by atoms with van der Waals surface area (Å²) in [5.41, 5.74) is 1.17. The number of ether oxygens (including phenoxy) is 1. The predicted molar refractivity (Wildman–Crippen MR) is 48.3 cm³/mol. The van der Waals surface area contributed by atoms with Crippen molar-refractivity contribution in [1.82, 2.24) is 0 Å². The van der Waals surface area contributed by atoms with Gasteiger partial charge in [-0.3, -0.25) is 4.99 Å². The molecule has 0 saturated carbocycles. The van der Waals surface area contributed by atoms with Crippen LogP contribution in [0.3, 0.4) is 0 Å². The molecule has 0 spiro atoms. The minimum absolute atomic E-state index is 0.101. The van der Waals surface area contributed by atoms with Crippen LogP contribution in [0.4, 0.5) is 0 Å². The Hall–Kier alpha value is -0.670. The van der Waals surface area contributed by atoms with E-state index in [9.17, 15) is 5.11 Å². The van der Waals surface area contributed by atoms with Crippen molar-refractivity contribution in [2.24, 2.45) is 4.99 Å². The van der Waals surface area contributed by atoms with E-state index in [1.807, 2.05) is 19.9 Å². The van der Waals surface area contributed by atoms with Gasteiger partial charge in [0.25, 0.3) is 0 Å². The SMILES string of the molecule is C/C=C1/C=NC(C(O)OCC)C1. The summed E-state index contributed by atoms with van der Waals surface area (Å²) in [5, 5.41) is 9.40. The van der Waals surface area contributed by atoms with Gasteiger partial charge in [-0.2, -0.15) is 0 Å². The zero-order chi connectivity index (χ0) is 8.97. The van der Waals surface area contributed by atoms with Crippen LogP contribution in [0.2, 0.25) is 0 Å². The normalized spacial score (nSPS) is 28.2. The lowest BCUT2D eigenvalue weighted by Crippen LogP contribution is -2.25. The van der Waals surface area contributed by atoms with E-state index in [1.54, 1.807) is 6.21 Å². The van der Waals surface area contributed by atoms with Crippen molar-refractivity contribution in [1.29, 1.82) is 0 Å². The average Bonchev–Trinajstić information content (AvgIpc) is 2.52. The first kappa shape index (κ1) is 9.42. The van der Waals surface area contributed by atoms with Crippen LogP contribution >= 0.6 is 0 Å². The molecule has 68 valence electrons. The zero-order valence-corrected chi connectivity index (χ0v) is 7.53. The lowest BCUT2D eigenvalue weighted by Gasteiger charge is -2.14. The molecule has 12 heavy (non-hydrogen) atoms. The van der Waals surface area contributed by atoms with Gasteiger partial charge in [-0.25, -0.2) is 0 Å². The van der Waals surface area contributed by atoms with Gasteiger partial charge in [0.1, 0.15) is 6.04 Å². The fourth-order valence-electron chi connectivity index (χ4n) is 1.19. The van der Waals surface area contributed by atoms with Crippen molar-refractivity contribution in [3.05, 3.63) is 11.6 Å². The van der Waals surface area contributed by atoms with Gasteiger partial charge < -0.3 is 9.84 Å². The Morgan fingerprint density at radius 3 is 3.17 bits per heavy atom. The quantitative estimate of drug-likeness (QED) is 0.643. The molecule has 2 atom stereocenters. The molecule has 3 heteroatoms. The van der Waals surface area contributed by atoms with Gasteiger partial charge in [0.15, 0.2) is 6.29 Å². The van der Waals surface area contributed by atoms with Crippen LogP contribution in [0.15, 0.2) is 16.6 Å². The van der Waals surface area contributed by atoms with Gasteiger partial charge in [-0.1, -0.05) is 6.08 Å². The number of aliphatic hydroxyl groups excluding tert-OH is 1. The molecule has 0 aromatic heterocycles. The molecular weight excluding hydrogens is 154 g/mol. The molecule has 0 aliphatic carbocycles. The smallest absolute Gasteiger partial charge is 0.177 e. The topological polar surface area (TPSA) is 41.8 Å². The summed E-state index contributed by atoms with van der Waals surface area (Å²) in [5.74, 6) is 0. The molecule has 0 amide bonds. The number of hydrogen-bond donors (Lipinski definition) is 1. The largest absolute Gasteiger partial charge is 0.366 e.